The second-order valence-corrected chi connectivity index (χ2v) is 10.4. The summed E-state index contributed by atoms with van der Waals surface area (Å²) in [6.45, 7) is 6.79. The van der Waals surface area contributed by atoms with E-state index in [9.17, 15) is 29.7 Å². The molecular formula is C26H47N3O8. The van der Waals surface area contributed by atoms with Crippen molar-refractivity contribution in [2.75, 3.05) is 26.3 Å². The fourth-order valence-electron chi connectivity index (χ4n) is 5.08. The summed E-state index contributed by atoms with van der Waals surface area (Å²) in [7, 11) is 0. The minimum Gasteiger partial charge on any atom is -0.394 e. The first-order valence-corrected chi connectivity index (χ1v) is 13.7. The van der Waals surface area contributed by atoms with Crippen LogP contribution in [0.15, 0.2) is 0 Å². The van der Waals surface area contributed by atoms with Crippen molar-refractivity contribution >= 4 is 17.7 Å². The molecule has 0 saturated carbocycles. The Balaban J connectivity index is 1.55. The Labute approximate surface area is 220 Å². The maximum absolute atomic E-state index is 12.5. The lowest BCUT2D eigenvalue weighted by Crippen LogP contribution is -2.64. The van der Waals surface area contributed by atoms with Crippen LogP contribution < -0.4 is 10.6 Å². The molecule has 214 valence electrons. The van der Waals surface area contributed by atoms with Gasteiger partial charge in [-0.15, -0.1) is 0 Å². The van der Waals surface area contributed by atoms with Crippen LogP contribution >= 0.6 is 0 Å². The van der Waals surface area contributed by atoms with Gasteiger partial charge in [0.2, 0.25) is 17.7 Å². The van der Waals surface area contributed by atoms with Gasteiger partial charge in [-0.2, -0.15) is 0 Å². The summed E-state index contributed by atoms with van der Waals surface area (Å²) >= 11 is 0. The van der Waals surface area contributed by atoms with Gasteiger partial charge in [0.05, 0.1) is 6.61 Å². The lowest BCUT2D eigenvalue weighted by atomic mass is 9.97. The molecule has 0 radical (unpaired) electrons. The number of hydrogen-bond donors (Lipinski definition) is 5. The molecule has 0 bridgehead atoms. The van der Waals surface area contributed by atoms with Crippen LogP contribution in [0.4, 0.5) is 0 Å². The monoisotopic (exact) mass is 529 g/mol. The zero-order valence-electron chi connectivity index (χ0n) is 22.6. The highest BCUT2D eigenvalue weighted by Gasteiger charge is 2.45. The molecule has 0 aliphatic carbocycles. The number of carbonyl (C=O) groups is 3. The third-order valence-corrected chi connectivity index (χ3v) is 7.14. The average Bonchev–Trinajstić information content (AvgIpc) is 3.25. The molecule has 2 saturated heterocycles. The Kier molecular flexibility index (Phi) is 13.8. The Bertz CT molecular complexity index is 724. The van der Waals surface area contributed by atoms with Crippen LogP contribution in [0.3, 0.4) is 0 Å². The molecule has 0 spiro atoms. The first kappa shape index (κ1) is 31.4. The summed E-state index contributed by atoms with van der Waals surface area (Å²) in [5.74, 6) is 0.377. The first-order valence-electron chi connectivity index (χ1n) is 13.7. The first-order chi connectivity index (χ1) is 17.7. The number of nitrogens with one attached hydrogen (secondary N) is 2. The minimum atomic E-state index is -1.35. The van der Waals surface area contributed by atoms with E-state index >= 15 is 0 Å². The molecule has 37 heavy (non-hydrogen) atoms. The maximum Gasteiger partial charge on any atom is 0.222 e. The Morgan fingerprint density at radius 1 is 1.05 bits per heavy atom. The molecule has 5 N–H and O–H groups in total. The highest BCUT2D eigenvalue weighted by molar-refractivity contribution is 5.77. The summed E-state index contributed by atoms with van der Waals surface area (Å²) in [6.07, 6.45) is 1.97. The molecule has 2 fully saturated rings. The van der Waals surface area contributed by atoms with Gasteiger partial charge >= 0.3 is 0 Å². The second kappa shape index (κ2) is 16.2. The average molecular weight is 530 g/mol. The van der Waals surface area contributed by atoms with E-state index in [1.165, 1.54) is 6.92 Å². The van der Waals surface area contributed by atoms with E-state index in [0.29, 0.717) is 44.2 Å². The molecule has 3 amide bonds. The number of likely N-dealkylation sites (tertiary alicyclic amines) is 1. The van der Waals surface area contributed by atoms with E-state index in [1.54, 1.807) is 0 Å². The SMILES string of the molecule is CC[C@@H]1C[C@@H](C)CN1C(=O)CCCCCNC(=O)CCCCO[C@@H]1OC(CO)[C@H](O)[C@H](O)C1NC(C)=O. The van der Waals surface area contributed by atoms with Crippen molar-refractivity contribution in [3.8, 4) is 0 Å². The molecule has 0 aromatic heterocycles. The predicted molar refractivity (Wildman–Crippen MR) is 136 cm³/mol. The number of amides is 3. The Morgan fingerprint density at radius 2 is 1.78 bits per heavy atom. The molecule has 2 aliphatic rings. The molecule has 11 heteroatoms. The lowest BCUT2D eigenvalue weighted by molar-refractivity contribution is -0.270. The zero-order valence-corrected chi connectivity index (χ0v) is 22.6. The third-order valence-electron chi connectivity index (χ3n) is 7.14. The fourth-order valence-corrected chi connectivity index (χ4v) is 5.08. The Morgan fingerprint density at radius 3 is 2.46 bits per heavy atom. The molecule has 2 aliphatic heterocycles. The number of nitrogens with zero attached hydrogens (tertiary/aromatic N) is 1. The van der Waals surface area contributed by atoms with Gasteiger partial charge in [0.15, 0.2) is 6.29 Å². The fraction of sp³-hybridized carbons (Fsp3) is 0.885. The number of rotatable bonds is 15. The number of ether oxygens (including phenoxy) is 2. The molecule has 2 rings (SSSR count). The number of aliphatic hydroxyl groups is 3. The van der Waals surface area contributed by atoms with E-state index in [-0.39, 0.29) is 18.4 Å². The highest BCUT2D eigenvalue weighted by Crippen LogP contribution is 2.26. The van der Waals surface area contributed by atoms with Gasteiger partial charge in [-0.1, -0.05) is 20.3 Å². The second-order valence-electron chi connectivity index (χ2n) is 10.4. The number of aliphatic hydroxyl groups excluding tert-OH is 3. The topological polar surface area (TPSA) is 158 Å². The van der Waals surface area contributed by atoms with Crippen molar-refractivity contribution in [3.05, 3.63) is 0 Å². The van der Waals surface area contributed by atoms with Gasteiger partial charge in [-0.3, -0.25) is 14.4 Å². The number of unbranched alkanes of at least 4 members (excludes halogenated alkanes) is 3. The summed E-state index contributed by atoms with van der Waals surface area (Å²) in [6, 6.07) is -0.584. The van der Waals surface area contributed by atoms with Crippen LogP contribution in [0, 0.1) is 5.92 Å². The van der Waals surface area contributed by atoms with Gasteiger partial charge in [0, 0.05) is 45.5 Å². The summed E-state index contributed by atoms with van der Waals surface area (Å²) in [5, 5.41) is 35.1. The van der Waals surface area contributed by atoms with Crippen LogP contribution in [0.2, 0.25) is 0 Å². The molecule has 0 aromatic carbocycles. The van der Waals surface area contributed by atoms with Crippen LogP contribution in [0.1, 0.15) is 78.6 Å². The van der Waals surface area contributed by atoms with E-state index < -0.39 is 43.2 Å². The van der Waals surface area contributed by atoms with Gasteiger partial charge in [-0.25, -0.2) is 0 Å². The highest BCUT2D eigenvalue weighted by atomic mass is 16.7. The van der Waals surface area contributed by atoms with Crippen molar-refractivity contribution < 1.29 is 39.2 Å². The van der Waals surface area contributed by atoms with Gasteiger partial charge < -0.3 is 40.3 Å². The van der Waals surface area contributed by atoms with Crippen LogP contribution in [0.25, 0.3) is 0 Å². The summed E-state index contributed by atoms with van der Waals surface area (Å²) < 4.78 is 11.2. The number of carbonyl (C=O) groups excluding carboxylic acids is 3. The van der Waals surface area contributed by atoms with Gasteiger partial charge in [0.25, 0.3) is 0 Å². The van der Waals surface area contributed by atoms with E-state index in [4.69, 9.17) is 9.47 Å². The smallest absolute Gasteiger partial charge is 0.222 e. The zero-order chi connectivity index (χ0) is 27.4. The Hall–Kier alpha value is -1.79. The maximum atomic E-state index is 12.5. The molecule has 2 heterocycles. The molecule has 0 aromatic rings. The van der Waals surface area contributed by atoms with E-state index in [2.05, 4.69) is 24.5 Å². The molecule has 11 nitrogen and oxygen atoms in total. The van der Waals surface area contributed by atoms with Crippen LogP contribution in [-0.2, 0) is 23.9 Å². The van der Waals surface area contributed by atoms with Crippen LogP contribution in [0.5, 0.6) is 0 Å². The molecular weight excluding hydrogens is 482 g/mol. The quantitative estimate of drug-likeness (QED) is 0.191. The van der Waals surface area contributed by atoms with Gasteiger partial charge in [-0.05, 0) is 44.4 Å². The van der Waals surface area contributed by atoms with Crippen molar-refractivity contribution in [2.24, 2.45) is 5.92 Å². The van der Waals surface area contributed by atoms with Gasteiger partial charge in [0.1, 0.15) is 24.4 Å². The summed E-state index contributed by atoms with van der Waals surface area (Å²) in [4.78, 5) is 38.1. The molecule has 2 unspecified atom stereocenters. The standard InChI is InChI=1S/C26H47N3O8/c1-4-19-14-17(2)15-29(19)22(33)11-6-5-8-12-27-21(32)10-7-9-13-36-26-23(28-18(3)31)25(35)24(34)20(16-30)37-26/h17,19-20,23-26,30,34-35H,4-16H2,1-3H3,(H,27,32)(H,28,31)/t17-,19-,20?,23?,24+,25-,26-/m1/s1. The molecule has 7 atom stereocenters. The van der Waals surface area contributed by atoms with Crippen LogP contribution in [-0.4, -0.2) is 101 Å². The predicted octanol–water partition coefficient (Wildman–Crippen LogP) is 0.441. The van der Waals surface area contributed by atoms with Crippen molar-refractivity contribution in [1.82, 2.24) is 15.5 Å². The largest absolute Gasteiger partial charge is 0.394 e. The summed E-state index contributed by atoms with van der Waals surface area (Å²) in [5.41, 5.74) is 0. The van der Waals surface area contributed by atoms with Crippen molar-refractivity contribution in [3.63, 3.8) is 0 Å². The van der Waals surface area contributed by atoms with E-state index in [1.807, 2.05) is 4.90 Å². The minimum absolute atomic E-state index is 0.0446. The van der Waals surface area contributed by atoms with Crippen molar-refractivity contribution in [2.45, 2.75) is 115 Å². The third kappa shape index (κ3) is 10.1. The number of hydrogen-bond acceptors (Lipinski definition) is 8. The van der Waals surface area contributed by atoms with Crippen molar-refractivity contribution in [1.29, 1.82) is 0 Å². The van der Waals surface area contributed by atoms with E-state index in [0.717, 1.165) is 38.6 Å². The lowest BCUT2D eigenvalue weighted by Gasteiger charge is -2.42. The normalized spacial score (nSPS) is 29.8.